The smallest absolute Gasteiger partial charge is 0.266 e. The molecule has 1 aromatic carbocycles. The number of rotatable bonds is 4. The second-order valence-corrected chi connectivity index (χ2v) is 5.07. The topological polar surface area (TPSA) is 51.2 Å². The minimum atomic E-state index is -0.559. The van der Waals surface area contributed by atoms with Crippen LogP contribution in [0.25, 0.3) is 0 Å². The summed E-state index contributed by atoms with van der Waals surface area (Å²) < 4.78 is 5.52. The second-order valence-electron chi connectivity index (χ2n) is 3.84. The Morgan fingerprint density at radius 3 is 2.72 bits per heavy atom. The van der Waals surface area contributed by atoms with Crippen molar-refractivity contribution < 1.29 is 9.53 Å². The number of carbonyl (C=O) groups is 1. The van der Waals surface area contributed by atoms with Gasteiger partial charge in [0.2, 0.25) is 0 Å². The Balaban J connectivity index is 1.93. The van der Waals surface area contributed by atoms with E-state index >= 15 is 0 Å². The van der Waals surface area contributed by atoms with E-state index in [4.69, 9.17) is 4.74 Å². The monoisotopic (exact) mass is 262 g/mol. The van der Waals surface area contributed by atoms with Crippen molar-refractivity contribution in [2.45, 2.75) is 20.0 Å². The molecule has 0 bridgehead atoms. The van der Waals surface area contributed by atoms with Crippen LogP contribution in [0.3, 0.4) is 0 Å². The largest absolute Gasteiger partial charge is 0.481 e. The lowest BCUT2D eigenvalue weighted by atomic mass is 10.3. The molecule has 0 aliphatic carbocycles. The number of aromatic nitrogens is 1. The van der Waals surface area contributed by atoms with Crippen LogP contribution in [0.15, 0.2) is 36.5 Å². The third-order valence-electron chi connectivity index (χ3n) is 2.28. The van der Waals surface area contributed by atoms with Crippen LogP contribution in [-0.2, 0) is 4.79 Å². The molecule has 0 aliphatic heterocycles. The van der Waals surface area contributed by atoms with Gasteiger partial charge in [-0.15, -0.1) is 11.3 Å². The SMILES string of the molecule is Cc1cnc(NC(=O)C(C)Oc2ccccc2)s1. The third kappa shape index (κ3) is 3.30. The number of hydrogen-bond donors (Lipinski definition) is 1. The first-order valence-corrected chi connectivity index (χ1v) is 6.42. The number of para-hydroxylation sites is 1. The molecule has 1 unspecified atom stereocenters. The van der Waals surface area contributed by atoms with Crippen LogP contribution >= 0.6 is 11.3 Å². The van der Waals surface area contributed by atoms with Crippen molar-refractivity contribution >= 4 is 22.4 Å². The summed E-state index contributed by atoms with van der Waals surface area (Å²) in [4.78, 5) is 17.0. The predicted molar refractivity (Wildman–Crippen MR) is 72.0 cm³/mol. The van der Waals surface area contributed by atoms with Crippen molar-refractivity contribution in [3.05, 3.63) is 41.4 Å². The number of amides is 1. The van der Waals surface area contributed by atoms with Gasteiger partial charge in [-0.05, 0) is 26.0 Å². The van der Waals surface area contributed by atoms with Crippen LogP contribution in [0.5, 0.6) is 5.75 Å². The standard InChI is InChI=1S/C13H14N2O2S/c1-9-8-14-13(18-9)15-12(16)10(2)17-11-6-4-3-5-7-11/h3-8,10H,1-2H3,(H,14,15,16). The number of ether oxygens (including phenoxy) is 1. The van der Waals surface area contributed by atoms with Gasteiger partial charge >= 0.3 is 0 Å². The van der Waals surface area contributed by atoms with E-state index in [9.17, 15) is 4.79 Å². The number of anilines is 1. The van der Waals surface area contributed by atoms with E-state index in [-0.39, 0.29) is 5.91 Å². The summed E-state index contributed by atoms with van der Waals surface area (Å²) in [6.45, 7) is 3.65. The van der Waals surface area contributed by atoms with Crippen molar-refractivity contribution in [2.75, 3.05) is 5.32 Å². The van der Waals surface area contributed by atoms with E-state index < -0.39 is 6.10 Å². The first kappa shape index (κ1) is 12.6. The lowest BCUT2D eigenvalue weighted by Crippen LogP contribution is -2.30. The average Bonchev–Trinajstić information content (AvgIpc) is 2.76. The summed E-state index contributed by atoms with van der Waals surface area (Å²) in [5.41, 5.74) is 0. The molecular weight excluding hydrogens is 248 g/mol. The number of thiazole rings is 1. The Kier molecular flexibility index (Phi) is 3.94. The van der Waals surface area contributed by atoms with E-state index in [1.807, 2.05) is 37.3 Å². The number of nitrogens with zero attached hydrogens (tertiary/aromatic N) is 1. The van der Waals surface area contributed by atoms with E-state index in [0.717, 1.165) is 4.88 Å². The zero-order valence-electron chi connectivity index (χ0n) is 10.2. The maximum Gasteiger partial charge on any atom is 0.266 e. The number of aryl methyl sites for hydroxylation is 1. The lowest BCUT2D eigenvalue weighted by molar-refractivity contribution is -0.122. The van der Waals surface area contributed by atoms with Crippen LogP contribution in [0.1, 0.15) is 11.8 Å². The van der Waals surface area contributed by atoms with E-state index in [0.29, 0.717) is 10.9 Å². The molecule has 1 atom stereocenters. The van der Waals surface area contributed by atoms with Crippen LogP contribution < -0.4 is 10.1 Å². The average molecular weight is 262 g/mol. The van der Waals surface area contributed by atoms with Crippen LogP contribution in [-0.4, -0.2) is 17.0 Å². The Labute approximate surface area is 110 Å². The van der Waals surface area contributed by atoms with Crippen LogP contribution in [0.2, 0.25) is 0 Å². The molecule has 0 radical (unpaired) electrons. The van der Waals surface area contributed by atoms with Crippen LogP contribution in [0, 0.1) is 6.92 Å². The predicted octanol–water partition coefficient (Wildman–Crippen LogP) is 2.86. The van der Waals surface area contributed by atoms with Gasteiger partial charge < -0.3 is 4.74 Å². The fourth-order valence-electron chi connectivity index (χ4n) is 1.38. The van der Waals surface area contributed by atoms with Crippen molar-refractivity contribution in [1.82, 2.24) is 4.98 Å². The maximum absolute atomic E-state index is 11.9. The summed E-state index contributed by atoms with van der Waals surface area (Å²) in [6, 6.07) is 9.26. The first-order chi connectivity index (χ1) is 8.65. The number of benzene rings is 1. The molecule has 2 aromatic rings. The van der Waals surface area contributed by atoms with Crippen molar-refractivity contribution in [1.29, 1.82) is 0 Å². The zero-order valence-corrected chi connectivity index (χ0v) is 11.0. The number of nitrogens with one attached hydrogen (secondary N) is 1. The van der Waals surface area contributed by atoms with Crippen molar-refractivity contribution in [2.24, 2.45) is 0 Å². The maximum atomic E-state index is 11.9. The lowest BCUT2D eigenvalue weighted by Gasteiger charge is -2.13. The first-order valence-electron chi connectivity index (χ1n) is 5.60. The molecule has 0 saturated carbocycles. The fraction of sp³-hybridized carbons (Fsp3) is 0.231. The van der Waals surface area contributed by atoms with Gasteiger partial charge in [-0.2, -0.15) is 0 Å². The molecule has 5 heteroatoms. The molecular formula is C13H14N2O2S. The summed E-state index contributed by atoms with van der Waals surface area (Å²) in [5, 5.41) is 3.32. The Morgan fingerprint density at radius 2 is 2.11 bits per heavy atom. The van der Waals surface area contributed by atoms with Crippen molar-refractivity contribution in [3.63, 3.8) is 0 Å². The Bertz CT molecular complexity index is 525. The highest BCUT2D eigenvalue weighted by molar-refractivity contribution is 7.15. The molecule has 0 spiro atoms. The van der Waals surface area contributed by atoms with Gasteiger partial charge in [0, 0.05) is 11.1 Å². The highest BCUT2D eigenvalue weighted by Gasteiger charge is 2.15. The van der Waals surface area contributed by atoms with Gasteiger partial charge in [0.05, 0.1) is 0 Å². The third-order valence-corrected chi connectivity index (χ3v) is 3.10. The highest BCUT2D eigenvalue weighted by atomic mass is 32.1. The molecule has 1 heterocycles. The fourth-order valence-corrected chi connectivity index (χ4v) is 2.04. The van der Waals surface area contributed by atoms with Gasteiger partial charge in [0.1, 0.15) is 5.75 Å². The van der Waals surface area contributed by atoms with E-state index in [1.165, 1.54) is 11.3 Å². The normalized spacial score (nSPS) is 11.9. The minimum absolute atomic E-state index is 0.201. The van der Waals surface area contributed by atoms with Gasteiger partial charge in [-0.3, -0.25) is 10.1 Å². The minimum Gasteiger partial charge on any atom is -0.481 e. The summed E-state index contributed by atoms with van der Waals surface area (Å²) in [6.07, 6.45) is 1.17. The van der Waals surface area contributed by atoms with Gasteiger partial charge in [-0.25, -0.2) is 4.98 Å². The number of hydrogen-bond acceptors (Lipinski definition) is 4. The molecule has 4 nitrogen and oxygen atoms in total. The zero-order chi connectivity index (χ0) is 13.0. The Morgan fingerprint density at radius 1 is 1.39 bits per heavy atom. The summed E-state index contributed by atoms with van der Waals surface area (Å²) in [7, 11) is 0. The van der Waals surface area contributed by atoms with Gasteiger partial charge in [-0.1, -0.05) is 18.2 Å². The Hall–Kier alpha value is -1.88. The molecule has 18 heavy (non-hydrogen) atoms. The molecule has 1 aromatic heterocycles. The molecule has 0 aliphatic rings. The second kappa shape index (κ2) is 5.64. The van der Waals surface area contributed by atoms with Gasteiger partial charge in [0.15, 0.2) is 11.2 Å². The summed E-state index contributed by atoms with van der Waals surface area (Å²) in [5.74, 6) is 0.476. The quantitative estimate of drug-likeness (QED) is 0.921. The van der Waals surface area contributed by atoms with E-state index in [2.05, 4.69) is 10.3 Å². The van der Waals surface area contributed by atoms with E-state index in [1.54, 1.807) is 13.1 Å². The molecule has 1 N–H and O–H groups in total. The van der Waals surface area contributed by atoms with Crippen LogP contribution in [0.4, 0.5) is 5.13 Å². The highest BCUT2D eigenvalue weighted by Crippen LogP contribution is 2.17. The molecule has 1 amide bonds. The molecule has 94 valence electrons. The number of carbonyl (C=O) groups excluding carboxylic acids is 1. The van der Waals surface area contributed by atoms with Gasteiger partial charge in [0.25, 0.3) is 5.91 Å². The van der Waals surface area contributed by atoms with Crippen molar-refractivity contribution in [3.8, 4) is 5.75 Å². The molecule has 0 saturated heterocycles. The summed E-state index contributed by atoms with van der Waals surface area (Å²) >= 11 is 1.44. The molecule has 0 fully saturated rings. The molecule has 2 rings (SSSR count).